The second kappa shape index (κ2) is 5.14. The van der Waals surface area contributed by atoms with E-state index in [1.807, 2.05) is 6.92 Å². The number of hydrogen-bond donors (Lipinski definition) is 1. The molecule has 0 aliphatic heterocycles. The van der Waals surface area contributed by atoms with E-state index in [9.17, 15) is 8.42 Å². The average Bonchev–Trinajstić information content (AvgIpc) is 2.47. The molecule has 0 aliphatic carbocycles. The van der Waals surface area contributed by atoms with Gasteiger partial charge < -0.3 is 0 Å². The van der Waals surface area contributed by atoms with E-state index in [1.54, 1.807) is 48.7 Å². The summed E-state index contributed by atoms with van der Waals surface area (Å²) < 4.78 is 27.2. The molecule has 0 atom stereocenters. The Balaban J connectivity index is 1.95. The van der Waals surface area contributed by atoms with E-state index < -0.39 is 10.0 Å². The summed E-state index contributed by atoms with van der Waals surface area (Å²) in [4.78, 5) is 8.26. The van der Waals surface area contributed by atoms with Crippen molar-refractivity contribution in [3.05, 3.63) is 60.6 Å². The van der Waals surface area contributed by atoms with E-state index in [1.165, 1.54) is 6.33 Å². The third-order valence-electron chi connectivity index (χ3n) is 3.09. The zero-order valence-electron chi connectivity index (χ0n) is 11.3. The summed E-state index contributed by atoms with van der Waals surface area (Å²) in [6, 6.07) is 11.8. The topological polar surface area (TPSA) is 72.0 Å². The number of fused-ring (bicyclic) bond motifs is 1. The molecule has 5 nitrogen and oxygen atoms in total. The van der Waals surface area contributed by atoms with Crippen molar-refractivity contribution in [1.29, 1.82) is 0 Å². The zero-order chi connectivity index (χ0) is 14.9. The minimum atomic E-state index is -3.59. The van der Waals surface area contributed by atoms with Gasteiger partial charge in [-0.1, -0.05) is 17.7 Å². The van der Waals surface area contributed by atoms with Crippen molar-refractivity contribution in [2.75, 3.05) is 4.72 Å². The van der Waals surface area contributed by atoms with E-state index in [-0.39, 0.29) is 4.90 Å². The van der Waals surface area contributed by atoms with Gasteiger partial charge in [-0.15, -0.1) is 0 Å². The number of hydrogen-bond acceptors (Lipinski definition) is 4. The first-order chi connectivity index (χ1) is 10.0. The first kappa shape index (κ1) is 13.5. The highest BCUT2D eigenvalue weighted by molar-refractivity contribution is 7.92. The number of rotatable bonds is 3. The highest BCUT2D eigenvalue weighted by Gasteiger charge is 2.13. The van der Waals surface area contributed by atoms with Crippen molar-refractivity contribution in [2.24, 2.45) is 0 Å². The molecular weight excluding hydrogens is 286 g/mol. The molecule has 0 radical (unpaired) electrons. The van der Waals surface area contributed by atoms with Crippen LogP contribution in [0.3, 0.4) is 0 Å². The first-order valence-electron chi connectivity index (χ1n) is 6.34. The molecule has 21 heavy (non-hydrogen) atoms. The molecule has 0 unspecified atom stereocenters. The Morgan fingerprint density at radius 1 is 1.05 bits per heavy atom. The molecule has 0 fully saturated rings. The van der Waals surface area contributed by atoms with Crippen molar-refractivity contribution in [3.8, 4) is 0 Å². The van der Waals surface area contributed by atoms with Gasteiger partial charge in [0.05, 0.1) is 10.4 Å². The van der Waals surface area contributed by atoms with Crippen LogP contribution >= 0.6 is 0 Å². The standard InChI is InChI=1S/C15H13N3O2S/c1-11-2-5-14(6-3-11)21(19,20)18-13-4-7-15-12(8-13)9-16-10-17-15/h2-10,18H,1H3. The lowest BCUT2D eigenvalue weighted by atomic mass is 10.2. The van der Waals surface area contributed by atoms with Crippen LogP contribution in [0, 0.1) is 6.92 Å². The molecule has 0 aliphatic rings. The maximum absolute atomic E-state index is 12.3. The second-order valence-electron chi connectivity index (χ2n) is 4.71. The van der Waals surface area contributed by atoms with Gasteiger partial charge in [-0.2, -0.15) is 0 Å². The van der Waals surface area contributed by atoms with Crippen molar-refractivity contribution in [2.45, 2.75) is 11.8 Å². The van der Waals surface area contributed by atoms with Gasteiger partial charge in [0.1, 0.15) is 6.33 Å². The Bertz CT molecular complexity index is 890. The number of nitrogens with one attached hydrogen (secondary N) is 1. The van der Waals surface area contributed by atoms with Crippen LogP contribution in [0.4, 0.5) is 5.69 Å². The van der Waals surface area contributed by atoms with Crippen molar-refractivity contribution in [1.82, 2.24) is 9.97 Å². The summed E-state index contributed by atoms with van der Waals surface area (Å²) in [5, 5.41) is 0.779. The number of anilines is 1. The molecule has 106 valence electrons. The van der Waals surface area contributed by atoms with Crippen molar-refractivity contribution < 1.29 is 8.42 Å². The fourth-order valence-corrected chi connectivity index (χ4v) is 3.03. The van der Waals surface area contributed by atoms with Crippen molar-refractivity contribution in [3.63, 3.8) is 0 Å². The second-order valence-corrected chi connectivity index (χ2v) is 6.40. The lowest BCUT2D eigenvalue weighted by molar-refractivity contribution is 0.601. The van der Waals surface area contributed by atoms with Gasteiger partial charge in [0.15, 0.2) is 0 Å². The summed E-state index contributed by atoms with van der Waals surface area (Å²) in [6.07, 6.45) is 3.10. The van der Waals surface area contributed by atoms with Gasteiger partial charge in [-0.25, -0.2) is 18.4 Å². The lowest BCUT2D eigenvalue weighted by Crippen LogP contribution is -2.12. The smallest absolute Gasteiger partial charge is 0.261 e. The maximum Gasteiger partial charge on any atom is 0.261 e. The molecule has 1 N–H and O–H groups in total. The van der Waals surface area contributed by atoms with E-state index in [0.717, 1.165) is 16.5 Å². The summed E-state index contributed by atoms with van der Waals surface area (Å²) in [5.74, 6) is 0. The van der Waals surface area contributed by atoms with Gasteiger partial charge in [0.2, 0.25) is 0 Å². The fraction of sp³-hybridized carbons (Fsp3) is 0.0667. The van der Waals surface area contributed by atoms with Crippen LogP contribution in [-0.4, -0.2) is 18.4 Å². The normalized spacial score (nSPS) is 11.5. The molecule has 0 spiro atoms. The van der Waals surface area contributed by atoms with Crippen LogP contribution in [0.25, 0.3) is 10.9 Å². The summed E-state index contributed by atoms with van der Waals surface area (Å²) in [7, 11) is -3.59. The Labute approximate surface area is 122 Å². The number of aromatic nitrogens is 2. The molecule has 0 saturated carbocycles. The average molecular weight is 299 g/mol. The van der Waals surface area contributed by atoms with E-state index in [2.05, 4.69) is 14.7 Å². The summed E-state index contributed by atoms with van der Waals surface area (Å²) in [5.41, 5.74) is 2.26. The van der Waals surface area contributed by atoms with E-state index in [0.29, 0.717) is 5.69 Å². The van der Waals surface area contributed by atoms with Gasteiger partial charge in [0, 0.05) is 17.3 Å². The Hall–Kier alpha value is -2.47. The Kier molecular flexibility index (Phi) is 3.31. The van der Waals surface area contributed by atoms with Crippen LogP contribution in [0.5, 0.6) is 0 Å². The molecule has 6 heteroatoms. The molecule has 3 rings (SSSR count). The Morgan fingerprint density at radius 3 is 2.57 bits per heavy atom. The van der Waals surface area contributed by atoms with Crippen LogP contribution in [0.2, 0.25) is 0 Å². The molecule has 1 aromatic heterocycles. The largest absolute Gasteiger partial charge is 0.280 e. The van der Waals surface area contributed by atoms with Gasteiger partial charge in [-0.3, -0.25) is 4.72 Å². The van der Waals surface area contributed by atoms with Crippen LogP contribution in [-0.2, 0) is 10.0 Å². The number of benzene rings is 2. The maximum atomic E-state index is 12.3. The quantitative estimate of drug-likeness (QED) is 0.807. The zero-order valence-corrected chi connectivity index (χ0v) is 12.1. The lowest BCUT2D eigenvalue weighted by Gasteiger charge is -2.09. The van der Waals surface area contributed by atoms with Crippen LogP contribution < -0.4 is 4.72 Å². The van der Waals surface area contributed by atoms with Crippen LogP contribution in [0.1, 0.15) is 5.56 Å². The summed E-state index contributed by atoms with van der Waals surface area (Å²) >= 11 is 0. The third-order valence-corrected chi connectivity index (χ3v) is 4.49. The molecule has 0 bridgehead atoms. The minimum absolute atomic E-state index is 0.234. The van der Waals surface area contributed by atoms with E-state index in [4.69, 9.17) is 0 Å². The molecular formula is C15H13N3O2S. The van der Waals surface area contributed by atoms with Gasteiger partial charge in [0.25, 0.3) is 10.0 Å². The number of sulfonamides is 1. The first-order valence-corrected chi connectivity index (χ1v) is 7.82. The summed E-state index contributed by atoms with van der Waals surface area (Å²) in [6.45, 7) is 1.91. The molecule has 3 aromatic rings. The van der Waals surface area contributed by atoms with Crippen LogP contribution in [0.15, 0.2) is 59.9 Å². The highest BCUT2D eigenvalue weighted by Crippen LogP contribution is 2.20. The van der Waals surface area contributed by atoms with Gasteiger partial charge >= 0.3 is 0 Å². The SMILES string of the molecule is Cc1ccc(S(=O)(=O)Nc2ccc3ncncc3c2)cc1. The predicted octanol–water partition coefficient (Wildman–Crippen LogP) is 2.74. The van der Waals surface area contributed by atoms with Crippen molar-refractivity contribution >= 4 is 26.6 Å². The minimum Gasteiger partial charge on any atom is -0.280 e. The molecule has 2 aromatic carbocycles. The molecule has 1 heterocycles. The van der Waals surface area contributed by atoms with E-state index >= 15 is 0 Å². The molecule has 0 saturated heterocycles. The number of aryl methyl sites for hydroxylation is 1. The predicted molar refractivity (Wildman–Crippen MR) is 81.5 cm³/mol. The van der Waals surface area contributed by atoms with Gasteiger partial charge in [-0.05, 0) is 37.3 Å². The molecule has 0 amide bonds. The Morgan fingerprint density at radius 2 is 1.81 bits per heavy atom. The fourth-order valence-electron chi connectivity index (χ4n) is 1.98. The number of nitrogens with zero attached hydrogens (tertiary/aromatic N) is 2. The highest BCUT2D eigenvalue weighted by atomic mass is 32.2. The monoisotopic (exact) mass is 299 g/mol. The third kappa shape index (κ3) is 2.85.